The minimum Gasteiger partial charge on any atom is -0.370 e. The van der Waals surface area contributed by atoms with E-state index in [0.717, 1.165) is 23.0 Å². The van der Waals surface area contributed by atoms with Crippen LogP contribution in [0.2, 0.25) is 0 Å². The Bertz CT molecular complexity index is 382. The van der Waals surface area contributed by atoms with Crippen molar-refractivity contribution < 1.29 is 0 Å². The summed E-state index contributed by atoms with van der Waals surface area (Å²) in [6.07, 6.45) is 6.34. The Morgan fingerprint density at radius 2 is 2.38 bits per heavy atom. The second kappa shape index (κ2) is 4.34. The number of nitrogens with zero attached hydrogens (tertiary/aromatic N) is 2. The number of halogens is 1. The molecule has 86 valence electrons. The summed E-state index contributed by atoms with van der Waals surface area (Å²) < 4.78 is 1.11. The van der Waals surface area contributed by atoms with Crippen LogP contribution < -0.4 is 10.2 Å². The Labute approximate surface area is 104 Å². The van der Waals surface area contributed by atoms with E-state index in [-0.39, 0.29) is 0 Å². The fraction of sp³-hybridized carbons (Fsp3) is 0.583. The average Bonchev–Trinajstić information content (AvgIpc) is 2.76. The molecule has 3 rings (SSSR count). The fourth-order valence-corrected chi connectivity index (χ4v) is 3.39. The van der Waals surface area contributed by atoms with Crippen molar-refractivity contribution in [2.45, 2.75) is 18.9 Å². The van der Waals surface area contributed by atoms with E-state index >= 15 is 0 Å². The van der Waals surface area contributed by atoms with E-state index in [1.807, 2.05) is 12.4 Å². The summed E-state index contributed by atoms with van der Waals surface area (Å²) in [6.45, 7) is 3.53. The van der Waals surface area contributed by atoms with Crippen LogP contribution in [-0.4, -0.2) is 30.7 Å². The first-order valence-electron chi connectivity index (χ1n) is 5.92. The molecule has 0 saturated carbocycles. The lowest BCUT2D eigenvalue weighted by atomic mass is 9.93. The van der Waals surface area contributed by atoms with Crippen molar-refractivity contribution in [1.29, 1.82) is 0 Å². The van der Waals surface area contributed by atoms with Crippen LogP contribution in [0.3, 0.4) is 0 Å². The number of rotatable bonds is 1. The molecule has 2 atom stereocenters. The molecule has 0 amide bonds. The molecule has 2 aliphatic heterocycles. The number of pyridine rings is 1. The van der Waals surface area contributed by atoms with Gasteiger partial charge in [0.15, 0.2) is 0 Å². The third kappa shape index (κ3) is 1.84. The minimum absolute atomic E-state index is 0.761. The molecular formula is C12H16BrN3. The van der Waals surface area contributed by atoms with Crippen molar-refractivity contribution in [3.63, 3.8) is 0 Å². The van der Waals surface area contributed by atoms with Crippen LogP contribution in [0.15, 0.2) is 22.9 Å². The van der Waals surface area contributed by atoms with Gasteiger partial charge in [-0.1, -0.05) is 0 Å². The maximum Gasteiger partial charge on any atom is 0.0592 e. The molecular weight excluding hydrogens is 266 g/mol. The number of nitrogens with one attached hydrogen (secondary N) is 1. The maximum atomic E-state index is 4.12. The predicted octanol–water partition coefficient (Wildman–Crippen LogP) is 2.03. The smallest absolute Gasteiger partial charge is 0.0592 e. The van der Waals surface area contributed by atoms with Gasteiger partial charge < -0.3 is 10.2 Å². The van der Waals surface area contributed by atoms with Gasteiger partial charge in [-0.25, -0.2) is 0 Å². The predicted molar refractivity (Wildman–Crippen MR) is 68.7 cm³/mol. The fourth-order valence-electron chi connectivity index (χ4n) is 2.89. The highest BCUT2D eigenvalue weighted by Crippen LogP contribution is 2.31. The zero-order valence-corrected chi connectivity index (χ0v) is 10.8. The summed E-state index contributed by atoms with van der Waals surface area (Å²) in [5.41, 5.74) is 1.29. The summed E-state index contributed by atoms with van der Waals surface area (Å²) in [5, 5.41) is 3.59. The molecule has 4 heteroatoms. The van der Waals surface area contributed by atoms with Gasteiger partial charge in [-0.2, -0.15) is 0 Å². The molecule has 1 aromatic rings. The van der Waals surface area contributed by atoms with E-state index in [1.165, 1.54) is 31.6 Å². The van der Waals surface area contributed by atoms with Gasteiger partial charge in [0.05, 0.1) is 10.2 Å². The monoisotopic (exact) mass is 281 g/mol. The summed E-state index contributed by atoms with van der Waals surface area (Å²) in [4.78, 5) is 6.61. The van der Waals surface area contributed by atoms with E-state index in [9.17, 15) is 0 Å². The second-order valence-electron chi connectivity index (χ2n) is 4.67. The van der Waals surface area contributed by atoms with Gasteiger partial charge in [0, 0.05) is 31.5 Å². The molecule has 2 aliphatic rings. The van der Waals surface area contributed by atoms with Crippen molar-refractivity contribution >= 4 is 21.6 Å². The molecule has 0 aliphatic carbocycles. The number of hydrogen-bond acceptors (Lipinski definition) is 3. The Hall–Kier alpha value is -0.610. The quantitative estimate of drug-likeness (QED) is 0.854. The SMILES string of the molecule is Brc1cnccc1N1CCC2NCCC2C1. The van der Waals surface area contributed by atoms with E-state index in [2.05, 4.69) is 37.2 Å². The number of aromatic nitrogens is 1. The van der Waals surface area contributed by atoms with Crippen LogP contribution in [0.4, 0.5) is 5.69 Å². The first-order chi connectivity index (χ1) is 7.84. The Kier molecular flexibility index (Phi) is 2.86. The van der Waals surface area contributed by atoms with Crippen LogP contribution >= 0.6 is 15.9 Å². The molecule has 3 nitrogen and oxygen atoms in total. The first kappa shape index (κ1) is 10.5. The molecule has 0 radical (unpaired) electrons. The highest BCUT2D eigenvalue weighted by atomic mass is 79.9. The van der Waals surface area contributed by atoms with E-state index in [4.69, 9.17) is 0 Å². The summed E-state index contributed by atoms with van der Waals surface area (Å²) in [7, 11) is 0. The molecule has 1 aromatic heterocycles. The van der Waals surface area contributed by atoms with Gasteiger partial charge in [0.1, 0.15) is 0 Å². The Morgan fingerprint density at radius 1 is 1.44 bits per heavy atom. The maximum absolute atomic E-state index is 4.12. The number of anilines is 1. The Balaban J connectivity index is 1.79. The number of piperidine rings is 1. The average molecular weight is 282 g/mol. The highest BCUT2D eigenvalue weighted by molar-refractivity contribution is 9.10. The summed E-state index contributed by atoms with van der Waals surface area (Å²) in [5.74, 6) is 0.828. The summed E-state index contributed by atoms with van der Waals surface area (Å²) in [6, 6.07) is 2.86. The van der Waals surface area contributed by atoms with Crippen molar-refractivity contribution in [3.8, 4) is 0 Å². The summed E-state index contributed by atoms with van der Waals surface area (Å²) >= 11 is 3.58. The third-order valence-electron chi connectivity index (χ3n) is 3.75. The molecule has 1 N–H and O–H groups in total. The zero-order chi connectivity index (χ0) is 11.0. The lowest BCUT2D eigenvalue weighted by Crippen LogP contribution is -2.44. The van der Waals surface area contributed by atoms with Gasteiger partial charge in [0.25, 0.3) is 0 Å². The van der Waals surface area contributed by atoms with Crippen molar-refractivity contribution in [2.75, 3.05) is 24.5 Å². The van der Waals surface area contributed by atoms with Gasteiger partial charge in [-0.05, 0) is 47.3 Å². The third-order valence-corrected chi connectivity index (χ3v) is 4.36. The normalized spacial score (nSPS) is 29.2. The second-order valence-corrected chi connectivity index (χ2v) is 5.53. The van der Waals surface area contributed by atoms with E-state index < -0.39 is 0 Å². The molecule has 0 spiro atoms. The molecule has 16 heavy (non-hydrogen) atoms. The van der Waals surface area contributed by atoms with E-state index in [0.29, 0.717) is 0 Å². The largest absolute Gasteiger partial charge is 0.370 e. The molecule has 3 heterocycles. The van der Waals surface area contributed by atoms with Crippen LogP contribution in [0.5, 0.6) is 0 Å². The van der Waals surface area contributed by atoms with Crippen molar-refractivity contribution in [2.24, 2.45) is 5.92 Å². The van der Waals surface area contributed by atoms with Gasteiger partial charge in [-0.3, -0.25) is 4.98 Å². The van der Waals surface area contributed by atoms with Crippen molar-refractivity contribution in [3.05, 3.63) is 22.9 Å². The van der Waals surface area contributed by atoms with Crippen molar-refractivity contribution in [1.82, 2.24) is 10.3 Å². The lowest BCUT2D eigenvalue weighted by molar-refractivity contribution is 0.376. The first-order valence-corrected chi connectivity index (χ1v) is 6.72. The van der Waals surface area contributed by atoms with Gasteiger partial charge >= 0.3 is 0 Å². The lowest BCUT2D eigenvalue weighted by Gasteiger charge is -2.36. The molecule has 0 aromatic carbocycles. The number of hydrogen-bond donors (Lipinski definition) is 1. The van der Waals surface area contributed by atoms with Crippen LogP contribution in [-0.2, 0) is 0 Å². The van der Waals surface area contributed by atoms with Gasteiger partial charge in [-0.15, -0.1) is 0 Å². The van der Waals surface area contributed by atoms with Gasteiger partial charge in [0.2, 0.25) is 0 Å². The van der Waals surface area contributed by atoms with Crippen LogP contribution in [0.25, 0.3) is 0 Å². The topological polar surface area (TPSA) is 28.2 Å². The molecule has 0 bridgehead atoms. The molecule has 2 saturated heterocycles. The van der Waals surface area contributed by atoms with E-state index in [1.54, 1.807) is 0 Å². The Morgan fingerprint density at radius 3 is 3.25 bits per heavy atom. The molecule has 2 unspecified atom stereocenters. The highest BCUT2D eigenvalue weighted by Gasteiger charge is 2.32. The minimum atomic E-state index is 0.761. The van der Waals surface area contributed by atoms with Crippen LogP contribution in [0.1, 0.15) is 12.8 Å². The van der Waals surface area contributed by atoms with Crippen LogP contribution in [0, 0.1) is 5.92 Å². The molecule has 2 fully saturated rings. The zero-order valence-electron chi connectivity index (χ0n) is 9.19. The number of fused-ring (bicyclic) bond motifs is 1. The standard InChI is InChI=1S/C12H16BrN3/c13-10-7-14-4-2-12(10)16-6-3-11-9(8-16)1-5-15-11/h2,4,7,9,11,15H,1,3,5-6,8H2.